The summed E-state index contributed by atoms with van der Waals surface area (Å²) >= 11 is 0. The van der Waals surface area contributed by atoms with Gasteiger partial charge in [0.15, 0.2) is 0 Å². The second kappa shape index (κ2) is 10.7. The van der Waals surface area contributed by atoms with E-state index in [-0.39, 0.29) is 13.4 Å². The van der Waals surface area contributed by atoms with E-state index in [1.54, 1.807) is 0 Å². The van der Waals surface area contributed by atoms with E-state index in [0.29, 0.717) is 19.6 Å². The number of hydrogen-bond acceptors (Lipinski definition) is 3. The Bertz CT molecular complexity index is 505. The number of unbranched alkanes of at least 4 members (excludes halogenated alkanes) is 3. The van der Waals surface area contributed by atoms with Crippen molar-refractivity contribution < 1.29 is 15.8 Å². The van der Waals surface area contributed by atoms with Gasteiger partial charge in [-0.25, -0.2) is 4.79 Å². The standard InChI is InChI=1S/C19H28N2O3.H2/c22-18(24-16-17-10-4-3-5-11-17)12-6-1-2-7-13-20-19(23)21-14-8-9-15-21;/h3-5,10-11H,1-2,6-9,12-16H2,(H,20,23);1H. The topological polar surface area (TPSA) is 58.6 Å². The Morgan fingerprint density at radius 1 is 1.04 bits per heavy atom. The maximum Gasteiger partial charge on any atom is 0.317 e. The van der Waals surface area contributed by atoms with Gasteiger partial charge in [-0.1, -0.05) is 43.2 Å². The lowest BCUT2D eigenvalue weighted by atomic mass is 10.1. The Labute approximate surface area is 145 Å². The molecule has 5 nitrogen and oxygen atoms in total. The third-order valence-electron chi connectivity index (χ3n) is 4.22. The summed E-state index contributed by atoms with van der Waals surface area (Å²) in [6.07, 6.45) is 6.51. The molecule has 1 saturated heterocycles. The molecule has 2 amide bonds. The molecule has 5 heteroatoms. The number of urea groups is 1. The van der Waals surface area contributed by atoms with E-state index in [0.717, 1.165) is 57.2 Å². The van der Waals surface area contributed by atoms with Gasteiger partial charge < -0.3 is 15.0 Å². The van der Waals surface area contributed by atoms with Crippen molar-refractivity contribution in [2.45, 2.75) is 51.6 Å². The monoisotopic (exact) mass is 334 g/mol. The van der Waals surface area contributed by atoms with Gasteiger partial charge in [-0.3, -0.25) is 4.79 Å². The number of likely N-dealkylation sites (tertiary alicyclic amines) is 1. The van der Waals surface area contributed by atoms with Crippen molar-refractivity contribution in [1.29, 1.82) is 0 Å². The predicted molar refractivity (Wildman–Crippen MR) is 95.6 cm³/mol. The van der Waals surface area contributed by atoms with Crippen LogP contribution in [0.5, 0.6) is 0 Å². The highest BCUT2D eigenvalue weighted by Crippen LogP contribution is 2.08. The second-order valence-corrected chi connectivity index (χ2v) is 6.24. The molecule has 1 aliphatic rings. The van der Waals surface area contributed by atoms with Crippen molar-refractivity contribution in [1.82, 2.24) is 10.2 Å². The fourth-order valence-corrected chi connectivity index (χ4v) is 2.79. The number of amides is 2. The summed E-state index contributed by atoms with van der Waals surface area (Å²) in [5, 5.41) is 2.96. The van der Waals surface area contributed by atoms with Crippen LogP contribution < -0.4 is 5.32 Å². The average Bonchev–Trinajstić information content (AvgIpc) is 3.14. The second-order valence-electron chi connectivity index (χ2n) is 6.24. The van der Waals surface area contributed by atoms with Crippen LogP contribution in [0.15, 0.2) is 30.3 Å². The number of carbonyl (C=O) groups excluding carboxylic acids is 2. The molecule has 0 saturated carbocycles. The molecule has 1 N–H and O–H groups in total. The fraction of sp³-hybridized carbons (Fsp3) is 0.579. The minimum absolute atomic E-state index is 0. The third-order valence-corrected chi connectivity index (χ3v) is 4.22. The van der Waals surface area contributed by atoms with Crippen molar-refractivity contribution in [3.8, 4) is 0 Å². The Morgan fingerprint density at radius 3 is 2.50 bits per heavy atom. The average molecular weight is 334 g/mol. The SMILES string of the molecule is O=C(CCCCCCNC(=O)N1CCCC1)OCc1ccccc1.[HH]. The first-order chi connectivity index (χ1) is 11.8. The molecule has 0 aromatic heterocycles. The molecular formula is C19H30N2O3. The molecule has 0 bridgehead atoms. The Kier molecular flexibility index (Phi) is 8.15. The number of ether oxygens (including phenoxy) is 1. The molecule has 0 spiro atoms. The van der Waals surface area contributed by atoms with Crippen LogP contribution in [0.4, 0.5) is 4.79 Å². The summed E-state index contributed by atoms with van der Waals surface area (Å²) in [7, 11) is 0. The molecule has 1 aromatic carbocycles. The molecule has 0 radical (unpaired) electrons. The minimum atomic E-state index is -0.138. The van der Waals surface area contributed by atoms with E-state index < -0.39 is 0 Å². The maximum atomic E-state index is 11.8. The van der Waals surface area contributed by atoms with Crippen molar-refractivity contribution in [2.75, 3.05) is 19.6 Å². The summed E-state index contributed by atoms with van der Waals surface area (Å²) in [4.78, 5) is 25.3. The normalized spacial score (nSPS) is 13.8. The molecule has 0 aliphatic carbocycles. The largest absolute Gasteiger partial charge is 0.461 e. The van der Waals surface area contributed by atoms with Crippen LogP contribution in [0.3, 0.4) is 0 Å². The van der Waals surface area contributed by atoms with Crippen LogP contribution in [-0.4, -0.2) is 36.5 Å². The van der Waals surface area contributed by atoms with Gasteiger partial charge in [-0.05, 0) is 31.2 Å². The fourth-order valence-electron chi connectivity index (χ4n) is 2.79. The summed E-state index contributed by atoms with van der Waals surface area (Å²) < 4.78 is 5.24. The number of rotatable bonds is 9. The first-order valence-electron chi connectivity index (χ1n) is 8.98. The zero-order chi connectivity index (χ0) is 17.0. The number of esters is 1. The summed E-state index contributed by atoms with van der Waals surface area (Å²) in [6.45, 7) is 2.84. The van der Waals surface area contributed by atoms with Crippen molar-refractivity contribution >= 4 is 12.0 Å². The Hall–Kier alpha value is -2.04. The zero-order valence-electron chi connectivity index (χ0n) is 14.3. The smallest absolute Gasteiger partial charge is 0.317 e. The molecule has 2 rings (SSSR count). The highest BCUT2D eigenvalue weighted by molar-refractivity contribution is 5.74. The maximum absolute atomic E-state index is 11.8. The van der Waals surface area contributed by atoms with Gasteiger partial charge in [-0.15, -0.1) is 0 Å². The first-order valence-corrected chi connectivity index (χ1v) is 8.98. The number of benzene rings is 1. The van der Waals surface area contributed by atoms with Crippen LogP contribution in [0, 0.1) is 0 Å². The molecule has 0 atom stereocenters. The lowest BCUT2D eigenvalue weighted by Gasteiger charge is -2.15. The minimum Gasteiger partial charge on any atom is -0.461 e. The summed E-state index contributed by atoms with van der Waals surface area (Å²) in [5.41, 5.74) is 1.01. The van der Waals surface area contributed by atoms with Crippen molar-refractivity contribution in [3.05, 3.63) is 35.9 Å². The molecule has 1 aliphatic heterocycles. The molecule has 1 aromatic rings. The van der Waals surface area contributed by atoms with E-state index in [1.165, 1.54) is 0 Å². The van der Waals surface area contributed by atoms with Gasteiger partial charge in [0, 0.05) is 27.5 Å². The quantitative estimate of drug-likeness (QED) is 0.553. The van der Waals surface area contributed by atoms with Gasteiger partial charge >= 0.3 is 12.0 Å². The predicted octanol–water partition coefficient (Wildman–Crippen LogP) is 3.73. The van der Waals surface area contributed by atoms with Crippen LogP contribution in [0.1, 0.15) is 51.9 Å². The Balaban J connectivity index is 0.00000312. The molecule has 24 heavy (non-hydrogen) atoms. The number of nitrogens with one attached hydrogen (secondary N) is 1. The van der Waals surface area contributed by atoms with E-state index in [4.69, 9.17) is 4.74 Å². The molecular weight excluding hydrogens is 304 g/mol. The number of nitrogens with zero attached hydrogens (tertiary/aromatic N) is 1. The van der Waals surface area contributed by atoms with Gasteiger partial charge in [0.1, 0.15) is 6.61 Å². The van der Waals surface area contributed by atoms with Crippen molar-refractivity contribution in [3.63, 3.8) is 0 Å². The van der Waals surface area contributed by atoms with E-state index in [2.05, 4.69) is 5.32 Å². The Morgan fingerprint density at radius 2 is 1.75 bits per heavy atom. The van der Waals surface area contributed by atoms with Gasteiger partial charge in [-0.2, -0.15) is 0 Å². The van der Waals surface area contributed by atoms with Crippen LogP contribution in [0.25, 0.3) is 0 Å². The van der Waals surface area contributed by atoms with E-state index in [9.17, 15) is 9.59 Å². The highest BCUT2D eigenvalue weighted by atomic mass is 16.5. The van der Waals surface area contributed by atoms with Crippen LogP contribution in [0.2, 0.25) is 0 Å². The lowest BCUT2D eigenvalue weighted by Crippen LogP contribution is -2.38. The van der Waals surface area contributed by atoms with Crippen LogP contribution in [-0.2, 0) is 16.1 Å². The lowest BCUT2D eigenvalue weighted by molar-refractivity contribution is -0.145. The number of hydrogen-bond donors (Lipinski definition) is 1. The van der Waals surface area contributed by atoms with Crippen molar-refractivity contribution in [2.24, 2.45) is 0 Å². The summed E-state index contributed by atoms with van der Waals surface area (Å²) in [6, 6.07) is 9.78. The first kappa shape index (κ1) is 18.3. The van der Waals surface area contributed by atoms with E-state index in [1.807, 2.05) is 35.2 Å². The molecule has 134 valence electrons. The number of carbonyl (C=O) groups is 2. The van der Waals surface area contributed by atoms with Gasteiger partial charge in [0.2, 0.25) is 0 Å². The third kappa shape index (κ3) is 7.02. The molecule has 0 unspecified atom stereocenters. The molecule has 1 fully saturated rings. The zero-order valence-corrected chi connectivity index (χ0v) is 14.3. The highest BCUT2D eigenvalue weighted by Gasteiger charge is 2.16. The van der Waals surface area contributed by atoms with Crippen LogP contribution >= 0.6 is 0 Å². The van der Waals surface area contributed by atoms with Gasteiger partial charge in [0.05, 0.1) is 0 Å². The van der Waals surface area contributed by atoms with E-state index >= 15 is 0 Å². The van der Waals surface area contributed by atoms with Gasteiger partial charge in [0.25, 0.3) is 0 Å². The molecule has 1 heterocycles. The summed E-state index contributed by atoms with van der Waals surface area (Å²) in [5.74, 6) is -0.138.